The second-order valence-corrected chi connectivity index (χ2v) is 2.62. The van der Waals surface area contributed by atoms with Gasteiger partial charge in [0.15, 0.2) is 0 Å². The van der Waals surface area contributed by atoms with E-state index in [2.05, 4.69) is 0 Å². The molecule has 0 aliphatic carbocycles. The van der Waals surface area contributed by atoms with Gasteiger partial charge in [-0.2, -0.15) is 0 Å². The molecule has 1 atom stereocenters. The Balaban J connectivity index is 2.47. The highest BCUT2D eigenvalue weighted by Crippen LogP contribution is 2.03. The lowest BCUT2D eigenvalue weighted by Gasteiger charge is -2.31. The van der Waals surface area contributed by atoms with Crippen LogP contribution in [0.3, 0.4) is 0 Å². The van der Waals surface area contributed by atoms with Crippen molar-refractivity contribution >= 4 is 5.91 Å². The SMILES string of the molecule is CCC(N)N1CCOCC1=O. The molecule has 4 heteroatoms. The Morgan fingerprint density at radius 1 is 1.82 bits per heavy atom. The van der Waals surface area contributed by atoms with E-state index in [1.165, 1.54) is 0 Å². The minimum absolute atomic E-state index is 0.00519. The molecule has 2 N–H and O–H groups in total. The van der Waals surface area contributed by atoms with Gasteiger partial charge >= 0.3 is 0 Å². The Morgan fingerprint density at radius 3 is 3.09 bits per heavy atom. The topological polar surface area (TPSA) is 55.6 Å². The normalized spacial score (nSPS) is 22.0. The number of ether oxygens (including phenoxy) is 1. The van der Waals surface area contributed by atoms with Gasteiger partial charge < -0.3 is 15.4 Å². The summed E-state index contributed by atoms with van der Waals surface area (Å²) in [4.78, 5) is 12.8. The van der Waals surface area contributed by atoms with Gasteiger partial charge in [-0.1, -0.05) is 6.92 Å². The molecule has 1 heterocycles. The minimum Gasteiger partial charge on any atom is -0.370 e. The molecule has 64 valence electrons. The lowest BCUT2D eigenvalue weighted by atomic mass is 10.3. The van der Waals surface area contributed by atoms with Gasteiger partial charge in [-0.3, -0.25) is 4.79 Å². The average Bonchev–Trinajstić information content (AvgIpc) is 2.04. The summed E-state index contributed by atoms with van der Waals surface area (Å²) in [6.45, 7) is 3.40. The van der Waals surface area contributed by atoms with E-state index >= 15 is 0 Å². The Morgan fingerprint density at radius 2 is 2.55 bits per heavy atom. The van der Waals surface area contributed by atoms with Crippen LogP contribution in [-0.2, 0) is 9.53 Å². The van der Waals surface area contributed by atoms with E-state index in [0.717, 1.165) is 6.42 Å². The second kappa shape index (κ2) is 3.69. The van der Waals surface area contributed by atoms with E-state index in [1.54, 1.807) is 4.90 Å². The van der Waals surface area contributed by atoms with Crippen LogP contribution in [0.1, 0.15) is 13.3 Å². The summed E-state index contributed by atoms with van der Waals surface area (Å²) in [6.07, 6.45) is 0.664. The summed E-state index contributed by atoms with van der Waals surface area (Å²) in [7, 11) is 0. The van der Waals surface area contributed by atoms with Gasteiger partial charge in [-0.05, 0) is 6.42 Å². The third-order valence-corrected chi connectivity index (χ3v) is 1.84. The second-order valence-electron chi connectivity index (χ2n) is 2.62. The molecule has 1 fully saturated rings. The molecule has 1 aliphatic rings. The summed E-state index contributed by atoms with van der Waals surface area (Å²) < 4.78 is 4.96. The maximum Gasteiger partial charge on any atom is 0.249 e. The molecule has 0 saturated carbocycles. The number of nitrogens with zero attached hydrogens (tertiary/aromatic N) is 1. The summed E-state index contributed by atoms with van der Waals surface area (Å²) in [5.41, 5.74) is 5.69. The predicted octanol–water partition coefficient (Wildman–Crippen LogP) is -0.460. The lowest BCUT2D eigenvalue weighted by Crippen LogP contribution is -2.51. The van der Waals surface area contributed by atoms with Crippen LogP contribution >= 0.6 is 0 Å². The van der Waals surface area contributed by atoms with E-state index in [-0.39, 0.29) is 18.7 Å². The summed E-state index contributed by atoms with van der Waals surface area (Å²) in [6, 6.07) is 0. The first-order chi connectivity index (χ1) is 5.25. The monoisotopic (exact) mass is 158 g/mol. The molecule has 1 aliphatic heterocycles. The van der Waals surface area contributed by atoms with E-state index in [1.807, 2.05) is 6.92 Å². The number of amides is 1. The third kappa shape index (κ3) is 1.91. The molecular formula is C7H14N2O2. The highest BCUT2D eigenvalue weighted by Gasteiger charge is 2.22. The van der Waals surface area contributed by atoms with Crippen LogP contribution in [0.15, 0.2) is 0 Å². The molecule has 0 spiro atoms. The van der Waals surface area contributed by atoms with Crippen LogP contribution in [0.4, 0.5) is 0 Å². The lowest BCUT2D eigenvalue weighted by molar-refractivity contribution is -0.145. The number of carbonyl (C=O) groups is 1. The standard InChI is InChI=1S/C7H14N2O2/c1-2-6(8)9-3-4-11-5-7(9)10/h6H,2-5,8H2,1H3. The summed E-state index contributed by atoms with van der Waals surface area (Å²) in [5.74, 6) is 0.00519. The zero-order chi connectivity index (χ0) is 8.27. The van der Waals surface area contributed by atoms with E-state index in [9.17, 15) is 4.79 Å². The molecule has 4 nitrogen and oxygen atoms in total. The van der Waals surface area contributed by atoms with E-state index < -0.39 is 0 Å². The van der Waals surface area contributed by atoms with Crippen molar-refractivity contribution in [2.75, 3.05) is 19.8 Å². The molecule has 0 radical (unpaired) electrons. The van der Waals surface area contributed by atoms with Crippen molar-refractivity contribution < 1.29 is 9.53 Å². The van der Waals surface area contributed by atoms with Crippen LogP contribution in [0.2, 0.25) is 0 Å². The molecule has 0 aromatic heterocycles. The maximum absolute atomic E-state index is 11.1. The van der Waals surface area contributed by atoms with Gasteiger partial charge in [0.05, 0.1) is 12.8 Å². The first kappa shape index (κ1) is 8.49. The zero-order valence-electron chi connectivity index (χ0n) is 6.75. The number of hydrogen-bond donors (Lipinski definition) is 1. The molecular weight excluding hydrogens is 144 g/mol. The molecule has 11 heavy (non-hydrogen) atoms. The Labute approximate surface area is 66.3 Å². The Kier molecular flexibility index (Phi) is 2.84. The fraction of sp³-hybridized carbons (Fsp3) is 0.857. The molecule has 0 aromatic rings. The highest BCUT2D eigenvalue weighted by atomic mass is 16.5. The average molecular weight is 158 g/mol. The smallest absolute Gasteiger partial charge is 0.249 e. The molecule has 1 saturated heterocycles. The van der Waals surface area contributed by atoms with Crippen LogP contribution in [0, 0.1) is 0 Å². The van der Waals surface area contributed by atoms with Gasteiger partial charge in [-0.15, -0.1) is 0 Å². The minimum atomic E-state index is -0.133. The van der Waals surface area contributed by atoms with Gasteiger partial charge in [0.2, 0.25) is 5.91 Å². The Bertz CT molecular complexity index is 149. The van der Waals surface area contributed by atoms with Crippen molar-refractivity contribution in [3.63, 3.8) is 0 Å². The first-order valence-corrected chi connectivity index (χ1v) is 3.88. The number of rotatable bonds is 2. The molecule has 1 rings (SSSR count). The van der Waals surface area contributed by atoms with Gasteiger partial charge in [0, 0.05) is 6.54 Å². The molecule has 1 amide bonds. The molecule has 1 unspecified atom stereocenters. The number of carbonyl (C=O) groups excluding carboxylic acids is 1. The Hall–Kier alpha value is -0.610. The van der Waals surface area contributed by atoms with Crippen molar-refractivity contribution in [2.45, 2.75) is 19.5 Å². The molecule has 0 aromatic carbocycles. The third-order valence-electron chi connectivity index (χ3n) is 1.84. The number of hydrogen-bond acceptors (Lipinski definition) is 3. The van der Waals surface area contributed by atoms with Gasteiger partial charge in [-0.25, -0.2) is 0 Å². The number of nitrogens with two attached hydrogens (primary N) is 1. The van der Waals surface area contributed by atoms with Crippen molar-refractivity contribution in [1.29, 1.82) is 0 Å². The maximum atomic E-state index is 11.1. The van der Waals surface area contributed by atoms with E-state index in [4.69, 9.17) is 10.5 Å². The predicted molar refractivity (Wildman–Crippen MR) is 40.8 cm³/mol. The molecule has 0 bridgehead atoms. The van der Waals surface area contributed by atoms with Crippen molar-refractivity contribution in [3.8, 4) is 0 Å². The van der Waals surface area contributed by atoms with Gasteiger partial charge in [0.1, 0.15) is 6.61 Å². The van der Waals surface area contributed by atoms with Gasteiger partial charge in [0.25, 0.3) is 0 Å². The van der Waals surface area contributed by atoms with Crippen LogP contribution in [0.25, 0.3) is 0 Å². The quantitative estimate of drug-likeness (QED) is 0.591. The fourth-order valence-electron chi connectivity index (χ4n) is 1.10. The summed E-state index contributed by atoms with van der Waals surface area (Å²) in [5, 5.41) is 0. The van der Waals surface area contributed by atoms with Crippen molar-refractivity contribution in [1.82, 2.24) is 4.90 Å². The zero-order valence-corrected chi connectivity index (χ0v) is 6.75. The van der Waals surface area contributed by atoms with Crippen molar-refractivity contribution in [2.24, 2.45) is 5.73 Å². The summed E-state index contributed by atoms with van der Waals surface area (Å²) >= 11 is 0. The van der Waals surface area contributed by atoms with Crippen LogP contribution in [0.5, 0.6) is 0 Å². The highest BCUT2D eigenvalue weighted by molar-refractivity contribution is 5.78. The van der Waals surface area contributed by atoms with E-state index in [0.29, 0.717) is 13.2 Å². The number of morpholine rings is 1. The largest absolute Gasteiger partial charge is 0.370 e. The van der Waals surface area contributed by atoms with Crippen molar-refractivity contribution in [3.05, 3.63) is 0 Å². The first-order valence-electron chi connectivity index (χ1n) is 3.88. The fourth-order valence-corrected chi connectivity index (χ4v) is 1.10. The van der Waals surface area contributed by atoms with Crippen LogP contribution in [-0.4, -0.2) is 36.7 Å². The van der Waals surface area contributed by atoms with Crippen LogP contribution < -0.4 is 5.73 Å².